The summed E-state index contributed by atoms with van der Waals surface area (Å²) in [6, 6.07) is 14.5. The molecule has 1 aromatic heterocycles. The summed E-state index contributed by atoms with van der Waals surface area (Å²) in [4.78, 5) is 13.3. The Morgan fingerprint density at radius 3 is 2.86 bits per heavy atom. The molecule has 0 amide bonds. The van der Waals surface area contributed by atoms with Crippen molar-refractivity contribution >= 4 is 16.7 Å². The van der Waals surface area contributed by atoms with E-state index in [1.807, 2.05) is 12.1 Å². The summed E-state index contributed by atoms with van der Waals surface area (Å²) < 4.78 is 8.40. The van der Waals surface area contributed by atoms with Crippen LogP contribution in [0.1, 0.15) is 40.0 Å². The number of Topliss-reactive ketones (excluding diaryl/α,β-unsaturated/α-hetero) is 1. The maximum absolute atomic E-state index is 13.3. The fraction of sp³-hybridized carbons (Fsp3) is 0.375. The number of carbonyl (C=O) groups is 1. The van der Waals surface area contributed by atoms with Gasteiger partial charge in [0, 0.05) is 42.7 Å². The molecule has 0 radical (unpaired) electrons. The lowest BCUT2D eigenvalue weighted by molar-refractivity contribution is 0.0921. The molecule has 0 saturated heterocycles. The highest BCUT2D eigenvalue weighted by Crippen LogP contribution is 2.31. The van der Waals surface area contributed by atoms with E-state index in [4.69, 9.17) is 4.74 Å². The van der Waals surface area contributed by atoms with Crippen LogP contribution in [0.25, 0.3) is 10.9 Å². The van der Waals surface area contributed by atoms with Crippen molar-refractivity contribution in [1.29, 1.82) is 0 Å². The molecule has 0 spiro atoms. The van der Waals surface area contributed by atoms with E-state index in [1.54, 1.807) is 0 Å². The number of aryl methyl sites for hydroxylation is 1. The van der Waals surface area contributed by atoms with Crippen molar-refractivity contribution < 1.29 is 9.53 Å². The Labute approximate surface area is 165 Å². The minimum absolute atomic E-state index is 0.0836. The summed E-state index contributed by atoms with van der Waals surface area (Å²) in [6.07, 6.45) is 5.48. The number of nitrogens with zero attached hydrogens (tertiary/aromatic N) is 1. The van der Waals surface area contributed by atoms with Crippen LogP contribution >= 0.6 is 0 Å². The molecule has 3 aromatic rings. The molecule has 0 saturated carbocycles. The first kappa shape index (κ1) is 17.5. The van der Waals surface area contributed by atoms with Crippen molar-refractivity contribution in [3.05, 3.63) is 64.8 Å². The van der Waals surface area contributed by atoms with E-state index in [9.17, 15) is 4.79 Å². The van der Waals surface area contributed by atoms with Crippen molar-refractivity contribution in [1.82, 2.24) is 9.88 Å². The highest BCUT2D eigenvalue weighted by atomic mass is 16.5. The standard InChI is InChI=1S/C24H26N2O2/c27-22(16-28-23-11-5-7-17-6-1-2-8-18(17)23)24-19-9-3-4-10-20(19)26-15-14-25-13-12-21(24)26/h3-5,7,9-11,25H,1-2,6,8,12-16H2. The van der Waals surface area contributed by atoms with Gasteiger partial charge in [-0.25, -0.2) is 0 Å². The topological polar surface area (TPSA) is 43.3 Å². The number of para-hydroxylation sites is 1. The van der Waals surface area contributed by atoms with Crippen LogP contribution in [0, 0.1) is 0 Å². The number of carbonyl (C=O) groups excluding carboxylic acids is 1. The molecule has 0 unspecified atom stereocenters. The first-order chi connectivity index (χ1) is 13.8. The van der Waals surface area contributed by atoms with Crippen LogP contribution in [-0.4, -0.2) is 30.0 Å². The first-order valence-corrected chi connectivity index (χ1v) is 10.4. The fourth-order valence-corrected chi connectivity index (χ4v) is 4.80. The number of hydrogen-bond donors (Lipinski definition) is 1. The van der Waals surface area contributed by atoms with E-state index >= 15 is 0 Å². The minimum Gasteiger partial charge on any atom is -0.485 e. The van der Waals surface area contributed by atoms with Gasteiger partial charge in [0.25, 0.3) is 0 Å². The molecule has 2 aliphatic rings. The molecule has 1 aliphatic heterocycles. The number of aromatic nitrogens is 1. The van der Waals surface area contributed by atoms with Crippen molar-refractivity contribution in [2.45, 2.75) is 38.6 Å². The normalized spacial score (nSPS) is 16.3. The molecule has 5 rings (SSSR count). The van der Waals surface area contributed by atoms with Crippen LogP contribution in [0.3, 0.4) is 0 Å². The van der Waals surface area contributed by atoms with Gasteiger partial charge < -0.3 is 14.6 Å². The lowest BCUT2D eigenvalue weighted by Gasteiger charge is -2.19. The van der Waals surface area contributed by atoms with Gasteiger partial charge in [0.15, 0.2) is 6.61 Å². The average Bonchev–Trinajstić information content (AvgIpc) is 2.87. The number of nitrogens with one attached hydrogen (secondary N) is 1. The van der Waals surface area contributed by atoms with Crippen molar-refractivity contribution in [3.63, 3.8) is 0 Å². The van der Waals surface area contributed by atoms with Gasteiger partial charge in [-0.2, -0.15) is 0 Å². The number of benzene rings is 2. The summed E-state index contributed by atoms with van der Waals surface area (Å²) >= 11 is 0. The highest BCUT2D eigenvalue weighted by Gasteiger charge is 2.24. The maximum Gasteiger partial charge on any atom is 0.202 e. The smallest absolute Gasteiger partial charge is 0.202 e. The SMILES string of the molecule is O=C(COc1cccc2c1CCCC2)c1c2n(c3ccccc13)CCNCC2. The molecule has 0 bridgehead atoms. The summed E-state index contributed by atoms with van der Waals surface area (Å²) in [7, 11) is 0. The second-order valence-electron chi connectivity index (χ2n) is 7.80. The van der Waals surface area contributed by atoms with Crippen molar-refractivity contribution in [2.24, 2.45) is 0 Å². The van der Waals surface area contributed by atoms with Gasteiger partial charge in [-0.15, -0.1) is 0 Å². The molecular weight excluding hydrogens is 348 g/mol. The molecule has 2 aromatic carbocycles. The zero-order valence-corrected chi connectivity index (χ0v) is 16.2. The van der Waals surface area contributed by atoms with Crippen molar-refractivity contribution in [2.75, 3.05) is 19.7 Å². The zero-order valence-electron chi connectivity index (χ0n) is 16.2. The number of ether oxygens (including phenoxy) is 1. The van der Waals surface area contributed by atoms with Crippen molar-refractivity contribution in [3.8, 4) is 5.75 Å². The number of ketones is 1. The average molecular weight is 374 g/mol. The van der Waals surface area contributed by atoms with Crippen LogP contribution in [0.5, 0.6) is 5.75 Å². The van der Waals surface area contributed by atoms with Crippen LogP contribution in [0.4, 0.5) is 0 Å². The van der Waals surface area contributed by atoms with Gasteiger partial charge in [0.05, 0.1) is 5.56 Å². The number of fused-ring (bicyclic) bond motifs is 4. The summed E-state index contributed by atoms with van der Waals surface area (Å²) in [5.74, 6) is 0.974. The summed E-state index contributed by atoms with van der Waals surface area (Å²) in [6.45, 7) is 2.84. The molecule has 0 atom stereocenters. The van der Waals surface area contributed by atoms with Gasteiger partial charge in [-0.3, -0.25) is 4.79 Å². The van der Waals surface area contributed by atoms with Gasteiger partial charge in [-0.1, -0.05) is 30.3 Å². The Morgan fingerprint density at radius 1 is 1.00 bits per heavy atom. The predicted octanol–water partition coefficient (Wildman–Crippen LogP) is 3.93. The Balaban J connectivity index is 1.46. The molecule has 4 nitrogen and oxygen atoms in total. The minimum atomic E-state index is 0.0836. The second kappa shape index (κ2) is 7.44. The lowest BCUT2D eigenvalue weighted by Crippen LogP contribution is -2.18. The maximum atomic E-state index is 13.3. The molecule has 144 valence electrons. The third-order valence-corrected chi connectivity index (χ3v) is 6.12. The largest absolute Gasteiger partial charge is 0.485 e. The lowest BCUT2D eigenvalue weighted by atomic mass is 9.91. The first-order valence-electron chi connectivity index (χ1n) is 10.4. The van der Waals surface area contributed by atoms with E-state index in [-0.39, 0.29) is 12.4 Å². The zero-order chi connectivity index (χ0) is 18.9. The van der Waals surface area contributed by atoms with Gasteiger partial charge in [0.2, 0.25) is 5.78 Å². The summed E-state index contributed by atoms with van der Waals surface area (Å²) in [5, 5.41) is 4.50. The fourth-order valence-electron chi connectivity index (χ4n) is 4.80. The Kier molecular flexibility index (Phi) is 4.65. The van der Waals surface area contributed by atoms with Crippen LogP contribution in [0.2, 0.25) is 0 Å². The Morgan fingerprint density at radius 2 is 1.89 bits per heavy atom. The monoisotopic (exact) mass is 374 g/mol. The van der Waals surface area contributed by atoms with E-state index < -0.39 is 0 Å². The second-order valence-corrected chi connectivity index (χ2v) is 7.80. The molecule has 2 heterocycles. The molecule has 0 fully saturated rings. The van der Waals surface area contributed by atoms with Gasteiger partial charge in [0.1, 0.15) is 5.75 Å². The Hall–Kier alpha value is -2.59. The van der Waals surface area contributed by atoms with Crippen LogP contribution in [-0.2, 0) is 25.8 Å². The van der Waals surface area contributed by atoms with E-state index in [1.165, 1.54) is 24.0 Å². The van der Waals surface area contributed by atoms with Gasteiger partial charge in [-0.05, 0) is 48.9 Å². The summed E-state index contributed by atoms with van der Waals surface area (Å²) in [5.41, 5.74) is 5.83. The van der Waals surface area contributed by atoms with Crippen LogP contribution < -0.4 is 10.1 Å². The highest BCUT2D eigenvalue weighted by molar-refractivity contribution is 6.10. The molecule has 4 heteroatoms. The van der Waals surface area contributed by atoms with E-state index in [0.717, 1.165) is 66.8 Å². The van der Waals surface area contributed by atoms with Crippen LogP contribution in [0.15, 0.2) is 42.5 Å². The molecular formula is C24H26N2O2. The van der Waals surface area contributed by atoms with E-state index in [2.05, 4.69) is 40.2 Å². The molecule has 1 aliphatic carbocycles. The third kappa shape index (κ3) is 3.02. The molecule has 28 heavy (non-hydrogen) atoms. The number of hydrogen-bond acceptors (Lipinski definition) is 3. The molecule has 1 N–H and O–H groups in total. The quantitative estimate of drug-likeness (QED) is 0.704. The Bertz CT molecular complexity index is 1030. The predicted molar refractivity (Wildman–Crippen MR) is 111 cm³/mol. The number of rotatable bonds is 4. The third-order valence-electron chi connectivity index (χ3n) is 6.12. The van der Waals surface area contributed by atoms with Gasteiger partial charge >= 0.3 is 0 Å². The van der Waals surface area contributed by atoms with E-state index in [0.29, 0.717) is 0 Å².